The zero-order valence-corrected chi connectivity index (χ0v) is 15.0. The number of carbonyl (C=O) groups is 1. The molecule has 2 nitrogen and oxygen atoms in total. The summed E-state index contributed by atoms with van der Waals surface area (Å²) in [5.41, 5.74) is 0. The van der Waals surface area contributed by atoms with Gasteiger partial charge in [-0.15, -0.1) is 0 Å². The maximum atomic E-state index is 10.3. The van der Waals surface area contributed by atoms with Crippen LogP contribution in [-0.2, 0) is 4.79 Å². The quantitative estimate of drug-likeness (QED) is 0.294. The van der Waals surface area contributed by atoms with E-state index in [1.807, 2.05) is 0 Å². The van der Waals surface area contributed by atoms with Crippen LogP contribution in [0, 0.1) is 0 Å². The van der Waals surface area contributed by atoms with Crippen LogP contribution in [0.25, 0.3) is 0 Å². The van der Waals surface area contributed by atoms with E-state index < -0.39 is 5.97 Å². The SMILES string of the molecule is CCCCCC/C=C/CCCCCCCC(=O)O.[Na]. The molecular weight excluding hydrogens is 247 g/mol. The van der Waals surface area contributed by atoms with Crippen molar-refractivity contribution in [1.82, 2.24) is 0 Å². The van der Waals surface area contributed by atoms with Crippen molar-refractivity contribution in [3.63, 3.8) is 0 Å². The fraction of sp³-hybridized carbons (Fsp3) is 0.812. The molecular formula is C16H30NaO2. The summed E-state index contributed by atoms with van der Waals surface area (Å²) >= 11 is 0. The normalized spacial score (nSPS) is 10.6. The van der Waals surface area contributed by atoms with Crippen LogP contribution >= 0.6 is 0 Å². The Balaban J connectivity index is 0. The first-order valence-electron chi connectivity index (χ1n) is 7.64. The first-order chi connectivity index (χ1) is 8.77. The summed E-state index contributed by atoms with van der Waals surface area (Å²) in [6, 6.07) is 0. The standard InChI is InChI=1S/C16H30O2.Na/c1-2-3-4-5-6-7-8-9-10-11-12-13-14-15-16(17)18;/h7-8H,2-6,9-15H2,1H3,(H,17,18);/b8-7+;. The molecule has 0 aliphatic carbocycles. The Morgan fingerprint density at radius 2 is 1.32 bits per heavy atom. The van der Waals surface area contributed by atoms with Crippen molar-refractivity contribution in [1.29, 1.82) is 0 Å². The van der Waals surface area contributed by atoms with Gasteiger partial charge in [0.15, 0.2) is 0 Å². The van der Waals surface area contributed by atoms with E-state index in [-0.39, 0.29) is 29.6 Å². The smallest absolute Gasteiger partial charge is 0.303 e. The number of aliphatic carboxylic acids is 1. The first kappa shape index (κ1) is 21.5. The zero-order chi connectivity index (χ0) is 13.5. The van der Waals surface area contributed by atoms with Crippen molar-refractivity contribution in [3.05, 3.63) is 12.2 Å². The van der Waals surface area contributed by atoms with E-state index in [0.29, 0.717) is 6.42 Å². The van der Waals surface area contributed by atoms with Gasteiger partial charge in [0, 0.05) is 36.0 Å². The molecule has 1 N–H and O–H groups in total. The molecule has 0 heterocycles. The van der Waals surface area contributed by atoms with E-state index >= 15 is 0 Å². The van der Waals surface area contributed by atoms with Crippen LogP contribution in [0.15, 0.2) is 12.2 Å². The summed E-state index contributed by atoms with van der Waals surface area (Å²) in [4.78, 5) is 10.3. The molecule has 0 fully saturated rings. The maximum absolute atomic E-state index is 10.3. The van der Waals surface area contributed by atoms with Crippen LogP contribution in [0.4, 0.5) is 0 Å². The van der Waals surface area contributed by atoms with Gasteiger partial charge >= 0.3 is 5.97 Å². The summed E-state index contributed by atoms with van der Waals surface area (Å²) in [5.74, 6) is -0.666. The third-order valence-corrected chi connectivity index (χ3v) is 3.15. The van der Waals surface area contributed by atoms with Gasteiger partial charge in [0.2, 0.25) is 0 Å². The molecule has 0 bridgehead atoms. The first-order valence-corrected chi connectivity index (χ1v) is 7.64. The van der Waals surface area contributed by atoms with Gasteiger partial charge < -0.3 is 5.11 Å². The molecule has 1 radical (unpaired) electrons. The Morgan fingerprint density at radius 1 is 0.842 bits per heavy atom. The average molecular weight is 277 g/mol. The van der Waals surface area contributed by atoms with Gasteiger partial charge in [0.05, 0.1) is 0 Å². The molecule has 19 heavy (non-hydrogen) atoms. The van der Waals surface area contributed by atoms with Gasteiger partial charge in [-0.05, 0) is 32.1 Å². The van der Waals surface area contributed by atoms with Crippen LogP contribution < -0.4 is 0 Å². The number of allylic oxidation sites excluding steroid dienone is 2. The third kappa shape index (κ3) is 20.7. The molecule has 0 aromatic rings. The van der Waals surface area contributed by atoms with Crippen molar-refractivity contribution in [3.8, 4) is 0 Å². The van der Waals surface area contributed by atoms with Gasteiger partial charge in [0.1, 0.15) is 0 Å². The molecule has 0 saturated carbocycles. The second-order valence-corrected chi connectivity index (χ2v) is 5.02. The van der Waals surface area contributed by atoms with E-state index in [4.69, 9.17) is 5.11 Å². The zero-order valence-electron chi connectivity index (χ0n) is 13.0. The molecule has 107 valence electrons. The second kappa shape index (κ2) is 18.2. The summed E-state index contributed by atoms with van der Waals surface area (Å²) in [7, 11) is 0. The Hall–Kier alpha value is 0.210. The molecule has 0 spiro atoms. The predicted molar refractivity (Wildman–Crippen MR) is 83.6 cm³/mol. The number of rotatable bonds is 13. The summed E-state index contributed by atoms with van der Waals surface area (Å²) < 4.78 is 0. The summed E-state index contributed by atoms with van der Waals surface area (Å²) in [6.07, 6.45) is 18.3. The van der Waals surface area contributed by atoms with E-state index in [9.17, 15) is 4.79 Å². The molecule has 3 heteroatoms. The molecule has 0 aromatic carbocycles. The molecule has 0 aromatic heterocycles. The number of hydrogen-bond acceptors (Lipinski definition) is 1. The molecule has 0 atom stereocenters. The fourth-order valence-electron chi connectivity index (χ4n) is 1.99. The topological polar surface area (TPSA) is 37.3 Å². The predicted octanol–water partition coefficient (Wildman–Crippen LogP) is 4.95. The van der Waals surface area contributed by atoms with E-state index in [0.717, 1.165) is 12.8 Å². The molecule has 0 amide bonds. The van der Waals surface area contributed by atoms with Crippen molar-refractivity contribution in [2.75, 3.05) is 0 Å². The third-order valence-electron chi connectivity index (χ3n) is 3.15. The van der Waals surface area contributed by atoms with E-state index in [1.54, 1.807) is 0 Å². The van der Waals surface area contributed by atoms with Gasteiger partial charge in [-0.25, -0.2) is 0 Å². The van der Waals surface area contributed by atoms with Crippen LogP contribution in [0.2, 0.25) is 0 Å². The van der Waals surface area contributed by atoms with Crippen LogP contribution in [0.5, 0.6) is 0 Å². The summed E-state index contributed by atoms with van der Waals surface area (Å²) in [5, 5.41) is 8.48. The van der Waals surface area contributed by atoms with Gasteiger partial charge in [-0.1, -0.05) is 57.6 Å². The van der Waals surface area contributed by atoms with E-state index in [2.05, 4.69) is 19.1 Å². The van der Waals surface area contributed by atoms with Crippen molar-refractivity contribution in [2.24, 2.45) is 0 Å². The molecule has 0 aliphatic heterocycles. The summed E-state index contributed by atoms with van der Waals surface area (Å²) in [6.45, 7) is 2.24. The maximum Gasteiger partial charge on any atom is 0.303 e. The minimum absolute atomic E-state index is 0. The second-order valence-electron chi connectivity index (χ2n) is 5.02. The van der Waals surface area contributed by atoms with Gasteiger partial charge in [-0.3, -0.25) is 4.79 Å². The Kier molecular flexibility index (Phi) is 20.6. The van der Waals surface area contributed by atoms with Crippen molar-refractivity contribution in [2.45, 2.75) is 84.0 Å². The largest absolute Gasteiger partial charge is 0.481 e. The average Bonchev–Trinajstić information content (AvgIpc) is 2.34. The number of hydrogen-bond donors (Lipinski definition) is 1. The molecule has 0 saturated heterocycles. The van der Waals surface area contributed by atoms with Crippen LogP contribution in [0.1, 0.15) is 84.0 Å². The number of unbranched alkanes of at least 4 members (excludes halogenated alkanes) is 9. The minimum Gasteiger partial charge on any atom is -0.481 e. The fourth-order valence-corrected chi connectivity index (χ4v) is 1.99. The van der Waals surface area contributed by atoms with E-state index in [1.165, 1.54) is 57.8 Å². The van der Waals surface area contributed by atoms with Gasteiger partial charge in [0.25, 0.3) is 0 Å². The van der Waals surface area contributed by atoms with Gasteiger partial charge in [-0.2, -0.15) is 0 Å². The van der Waals surface area contributed by atoms with Crippen LogP contribution in [0.3, 0.4) is 0 Å². The Morgan fingerprint density at radius 3 is 1.84 bits per heavy atom. The molecule has 0 rings (SSSR count). The molecule has 0 aliphatic rings. The number of carboxylic acid groups (broad SMARTS) is 1. The minimum atomic E-state index is -0.666. The van der Waals surface area contributed by atoms with Crippen LogP contribution in [-0.4, -0.2) is 40.6 Å². The Bertz CT molecular complexity index is 215. The Labute approximate surface area is 141 Å². The monoisotopic (exact) mass is 277 g/mol. The van der Waals surface area contributed by atoms with Crippen molar-refractivity contribution >= 4 is 35.5 Å². The van der Waals surface area contributed by atoms with Crippen molar-refractivity contribution < 1.29 is 9.90 Å². The molecule has 0 unspecified atom stereocenters. The number of carboxylic acids is 1.